The number of hydrogen-bond acceptors (Lipinski definition) is 26. The van der Waals surface area contributed by atoms with E-state index in [1.165, 1.54) is 31.2 Å². The van der Waals surface area contributed by atoms with E-state index < -0.39 is 48.0 Å². The largest absolute Gasteiger partial charge is 0.494 e. The van der Waals surface area contributed by atoms with Crippen LogP contribution >= 0.6 is 0 Å². The van der Waals surface area contributed by atoms with Crippen LogP contribution in [0.2, 0.25) is 0 Å². The van der Waals surface area contributed by atoms with Crippen LogP contribution in [-0.4, -0.2) is 299 Å². The Morgan fingerprint density at radius 3 is 0.896 bits per heavy atom. The SMILES string of the molecule is CN[C@@H](CCCCNC(=O)COCCOCCNC(=O)COCCOCCNC(=O)CC[C@H](NC(=O)CCCCCCCCCCCOc1ccc(C(=O)O)cc1)C(=O)O)C(=O)CN[C@@H](CCCCNC(=O)COCCOCCNC(=O)COCCOCCNC(=O)CC[C@H](NC(=O)CCCCCCCCCCCOc1ccc(C(=O)O)cc1)C(=O)O)C(C)=O. The maximum Gasteiger partial charge on any atom is 0.335 e. The highest BCUT2D eigenvalue weighted by atomic mass is 16.5. The molecule has 0 aromatic heterocycles. The fourth-order valence-corrected chi connectivity index (χ4v) is 12.3. The molecule has 38 heteroatoms. The van der Waals surface area contributed by atoms with Crippen LogP contribution in [0.5, 0.6) is 11.5 Å². The fraction of sp³-hybridized carbons (Fsp3) is 0.701. The lowest BCUT2D eigenvalue weighted by molar-refractivity contribution is -0.142. The quantitative estimate of drug-likeness (QED) is 0.0391. The van der Waals surface area contributed by atoms with Gasteiger partial charge in [0.25, 0.3) is 0 Å². The summed E-state index contributed by atoms with van der Waals surface area (Å²) >= 11 is 0. The lowest BCUT2D eigenvalue weighted by atomic mass is 10.0. The lowest BCUT2D eigenvalue weighted by Gasteiger charge is -2.19. The molecule has 0 aliphatic carbocycles. The number of aromatic carboxylic acids is 2. The predicted molar refractivity (Wildman–Crippen MR) is 460 cm³/mol. The van der Waals surface area contributed by atoms with Gasteiger partial charge in [0.05, 0.1) is 122 Å². The van der Waals surface area contributed by atoms with Crippen molar-refractivity contribution in [3.8, 4) is 11.5 Å². The molecule has 0 aliphatic heterocycles. The van der Waals surface area contributed by atoms with Gasteiger partial charge in [0.15, 0.2) is 5.78 Å². The number of amides is 8. The Bertz CT molecular complexity index is 3340. The van der Waals surface area contributed by atoms with Crippen molar-refractivity contribution in [1.29, 1.82) is 0 Å². The Morgan fingerprint density at radius 1 is 0.288 bits per heavy atom. The van der Waals surface area contributed by atoms with Crippen molar-refractivity contribution < 1.29 is 135 Å². The van der Waals surface area contributed by atoms with E-state index in [1.807, 2.05) is 0 Å². The van der Waals surface area contributed by atoms with Crippen LogP contribution in [0.25, 0.3) is 0 Å². The number of unbranched alkanes of at least 4 members (excludes halogenated alkanes) is 18. The Morgan fingerprint density at radius 2 is 0.584 bits per heavy atom. The van der Waals surface area contributed by atoms with Gasteiger partial charge in [-0.15, -0.1) is 0 Å². The van der Waals surface area contributed by atoms with Crippen LogP contribution < -0.4 is 62.6 Å². The molecule has 708 valence electrons. The van der Waals surface area contributed by atoms with Gasteiger partial charge in [-0.2, -0.15) is 0 Å². The van der Waals surface area contributed by atoms with E-state index in [-0.39, 0.29) is 247 Å². The van der Waals surface area contributed by atoms with E-state index in [0.29, 0.717) is 89.2 Å². The molecule has 0 bridgehead atoms. The molecular weight excluding hydrogens is 1630 g/mol. The molecule has 0 saturated carbocycles. The first-order valence-corrected chi connectivity index (χ1v) is 44.1. The molecule has 0 spiro atoms. The Hall–Kier alpha value is -9.38. The molecule has 8 amide bonds. The van der Waals surface area contributed by atoms with E-state index in [0.717, 1.165) is 103 Å². The Balaban J connectivity index is 1.33. The number of carbonyl (C=O) groups excluding carboxylic acids is 10. The zero-order valence-corrected chi connectivity index (χ0v) is 73.4. The number of hydrogen-bond donors (Lipinski definition) is 14. The van der Waals surface area contributed by atoms with Crippen LogP contribution in [-0.2, 0) is 95.4 Å². The topological polar surface area (TPSA) is 532 Å². The minimum Gasteiger partial charge on any atom is -0.494 e. The minimum absolute atomic E-state index is 0.0153. The average Bonchev–Trinajstić information content (AvgIpc) is 0.884. The number of Topliss-reactive ketones (excluding diaryl/α,β-unsaturated/α-hetero) is 2. The maximum absolute atomic E-state index is 13.1. The normalized spacial score (nSPS) is 12.0. The van der Waals surface area contributed by atoms with Gasteiger partial charge >= 0.3 is 23.9 Å². The first-order chi connectivity index (χ1) is 60.5. The number of rotatable bonds is 86. The molecule has 4 atom stereocenters. The van der Waals surface area contributed by atoms with Crippen LogP contribution in [0.3, 0.4) is 0 Å². The predicted octanol–water partition coefficient (Wildman–Crippen LogP) is 4.92. The van der Waals surface area contributed by atoms with Gasteiger partial charge in [-0.05, 0) is 140 Å². The van der Waals surface area contributed by atoms with Crippen molar-refractivity contribution >= 4 is 82.7 Å². The number of nitrogens with one attached hydrogen (secondary N) is 10. The smallest absolute Gasteiger partial charge is 0.335 e. The van der Waals surface area contributed by atoms with Crippen molar-refractivity contribution in [1.82, 2.24) is 53.2 Å². The second-order valence-electron chi connectivity index (χ2n) is 29.8. The average molecular weight is 1780 g/mol. The molecule has 0 unspecified atom stereocenters. The third kappa shape index (κ3) is 64.9. The summed E-state index contributed by atoms with van der Waals surface area (Å²) in [6.45, 7) is 5.26. The van der Waals surface area contributed by atoms with E-state index in [4.69, 9.17) is 57.6 Å². The summed E-state index contributed by atoms with van der Waals surface area (Å²) < 4.78 is 54.5. The molecule has 38 nitrogen and oxygen atoms in total. The first kappa shape index (κ1) is 112. The second-order valence-corrected chi connectivity index (χ2v) is 29.8. The number of ether oxygens (including phenoxy) is 10. The lowest BCUT2D eigenvalue weighted by Crippen LogP contribution is -2.45. The van der Waals surface area contributed by atoms with Gasteiger partial charge < -0.3 is 121 Å². The summed E-state index contributed by atoms with van der Waals surface area (Å²) in [5, 5.41) is 64.5. The molecule has 2 rings (SSSR count). The van der Waals surface area contributed by atoms with Crippen LogP contribution in [0, 0.1) is 0 Å². The highest BCUT2D eigenvalue weighted by Crippen LogP contribution is 2.18. The third-order valence-electron chi connectivity index (χ3n) is 19.4. The number of carboxylic acids is 4. The molecule has 0 radical (unpaired) electrons. The fourth-order valence-electron chi connectivity index (χ4n) is 12.3. The second kappa shape index (κ2) is 75.9. The molecule has 2 aromatic rings. The molecule has 0 aliphatic rings. The third-order valence-corrected chi connectivity index (χ3v) is 19.4. The van der Waals surface area contributed by atoms with Gasteiger partial charge in [-0.1, -0.05) is 89.9 Å². The summed E-state index contributed by atoms with van der Waals surface area (Å²) in [7, 11) is 1.69. The van der Waals surface area contributed by atoms with E-state index >= 15 is 0 Å². The first-order valence-electron chi connectivity index (χ1n) is 44.1. The van der Waals surface area contributed by atoms with Gasteiger partial charge in [0.2, 0.25) is 47.3 Å². The molecule has 14 N–H and O–H groups in total. The molecule has 2 aromatic carbocycles. The number of carbonyl (C=O) groups is 14. The standard InChI is InChI=1S/C87H142N10O28/c1-66(98)71(25-19-21-41-89-80(104)62-120-57-55-118-51-45-93-82(106)64-122-59-53-116-49-43-91-76(100)39-37-73(86(112)113)96-78(102)27-17-13-9-5-3-7-11-15-23-47-124-69-33-29-67(30-34-69)84(108)109)95-61-75(99)72(88-2)26-20-22-42-90-81(105)63-121-58-56-119-52-46-94-83(107)65-123-60-54-117-50-44-92-77(101)40-38-74(87(114)115)97-79(103)28-18-14-10-6-4-8-12-16-24-48-125-70-35-31-68(32-36-70)85(110)111/h29-36,71-74,88,95H,3-28,37-65H2,1-2H3,(H,89,104)(H,90,105)(H,91,100)(H,92,101)(H,93,106)(H,94,107)(H,96,102)(H,97,103)(H,108,109)(H,110,111)(H,112,113)(H,114,115)/t71-,72-,73-,74-/m0/s1. The zero-order valence-electron chi connectivity index (χ0n) is 73.4. The number of benzene rings is 2. The summed E-state index contributed by atoms with van der Waals surface area (Å²) in [5.74, 6) is -6.17. The van der Waals surface area contributed by atoms with Crippen molar-refractivity contribution in [2.75, 3.05) is 172 Å². The highest BCUT2D eigenvalue weighted by Gasteiger charge is 2.24. The maximum atomic E-state index is 13.1. The van der Waals surface area contributed by atoms with Crippen molar-refractivity contribution in [3.05, 3.63) is 59.7 Å². The number of carboxylic acid groups (broad SMARTS) is 4. The van der Waals surface area contributed by atoms with E-state index in [2.05, 4.69) is 53.2 Å². The summed E-state index contributed by atoms with van der Waals surface area (Å²) in [6.07, 6.45) is 20.9. The molecule has 0 fully saturated rings. The van der Waals surface area contributed by atoms with Crippen LogP contribution in [0.15, 0.2) is 48.5 Å². The number of aliphatic carboxylic acids is 2. The van der Waals surface area contributed by atoms with Gasteiger partial charge in [-0.25, -0.2) is 19.2 Å². The van der Waals surface area contributed by atoms with Crippen LogP contribution in [0.4, 0.5) is 0 Å². The van der Waals surface area contributed by atoms with Gasteiger partial charge in [0.1, 0.15) is 55.8 Å². The Kier molecular flexibility index (Phi) is 67.8. The minimum atomic E-state index is -1.22. The van der Waals surface area contributed by atoms with Crippen LogP contribution in [0.1, 0.15) is 220 Å². The van der Waals surface area contributed by atoms with Gasteiger partial charge in [-0.3, -0.25) is 47.9 Å². The van der Waals surface area contributed by atoms with E-state index in [9.17, 15) is 77.3 Å². The summed E-state index contributed by atoms with van der Waals surface area (Å²) in [5.41, 5.74) is 0.437. The molecule has 125 heavy (non-hydrogen) atoms. The Labute approximate surface area is 734 Å². The van der Waals surface area contributed by atoms with Gasteiger partial charge in [0, 0.05) is 65.0 Å². The van der Waals surface area contributed by atoms with Crippen molar-refractivity contribution in [2.45, 2.75) is 224 Å². The highest BCUT2D eigenvalue weighted by molar-refractivity contribution is 5.89. The monoisotopic (exact) mass is 1770 g/mol. The van der Waals surface area contributed by atoms with E-state index in [1.54, 1.807) is 31.3 Å². The van der Waals surface area contributed by atoms with Crippen molar-refractivity contribution in [2.24, 2.45) is 0 Å². The molecule has 0 saturated heterocycles. The molecular formula is C87H142N10O28. The van der Waals surface area contributed by atoms with Crippen molar-refractivity contribution in [3.63, 3.8) is 0 Å². The molecule has 0 heterocycles. The summed E-state index contributed by atoms with van der Waals surface area (Å²) in [6, 6.07) is 9.31. The summed E-state index contributed by atoms with van der Waals surface area (Å²) in [4.78, 5) is 169. The number of likely N-dealkylation sites (N-methyl/N-ethyl adjacent to an activating group) is 1. The number of ketones is 2. The zero-order chi connectivity index (χ0) is 91.4.